The minimum atomic E-state index is 0.337. The van der Waals surface area contributed by atoms with Crippen molar-refractivity contribution in [3.63, 3.8) is 0 Å². The molecule has 0 spiro atoms. The number of nitrogens with two attached hydrogens (primary N) is 1. The van der Waals surface area contributed by atoms with Crippen molar-refractivity contribution in [2.45, 2.75) is 44.3 Å². The summed E-state index contributed by atoms with van der Waals surface area (Å²) < 4.78 is 2.00. The molecule has 1 saturated carbocycles. The molecular weight excluding hydrogens is 208 g/mol. The largest absolute Gasteiger partial charge is 0.368 e. The first kappa shape index (κ1) is 10.8. The Bertz CT molecular complexity index is 330. The monoisotopic (exact) mass is 226 g/mol. The second kappa shape index (κ2) is 4.43. The van der Waals surface area contributed by atoms with Gasteiger partial charge in [-0.2, -0.15) is 0 Å². The molecule has 1 fully saturated rings. The summed E-state index contributed by atoms with van der Waals surface area (Å²) in [5.41, 5.74) is 5.77. The van der Waals surface area contributed by atoms with E-state index in [0.29, 0.717) is 12.0 Å². The molecule has 1 aliphatic rings. The van der Waals surface area contributed by atoms with Crippen LogP contribution in [0.4, 0.5) is 5.95 Å². The summed E-state index contributed by atoms with van der Waals surface area (Å²) in [7, 11) is 0. The van der Waals surface area contributed by atoms with Crippen LogP contribution in [0.2, 0.25) is 0 Å². The second-order valence-electron chi connectivity index (χ2n) is 4.41. The fourth-order valence-electron chi connectivity index (χ4n) is 1.72. The number of thioether (sulfide) groups is 1. The van der Waals surface area contributed by atoms with Crippen LogP contribution in [-0.2, 0) is 0 Å². The predicted molar refractivity (Wildman–Crippen MR) is 62.9 cm³/mol. The molecule has 0 aliphatic heterocycles. The van der Waals surface area contributed by atoms with Crippen LogP contribution in [0.25, 0.3) is 0 Å². The summed E-state index contributed by atoms with van der Waals surface area (Å²) >= 11 is 1.79. The Kier molecular flexibility index (Phi) is 3.19. The first-order valence-corrected chi connectivity index (χ1v) is 6.50. The Morgan fingerprint density at radius 2 is 2.20 bits per heavy atom. The van der Waals surface area contributed by atoms with Crippen LogP contribution in [0.1, 0.15) is 39.2 Å². The van der Waals surface area contributed by atoms with Crippen molar-refractivity contribution >= 4 is 17.7 Å². The molecule has 1 aliphatic carbocycles. The van der Waals surface area contributed by atoms with Crippen LogP contribution >= 0.6 is 11.8 Å². The number of nitrogens with zero attached hydrogens (tertiary/aromatic N) is 3. The molecule has 4 nitrogen and oxygen atoms in total. The van der Waals surface area contributed by atoms with Gasteiger partial charge in [0.25, 0.3) is 0 Å². The van der Waals surface area contributed by atoms with Crippen molar-refractivity contribution in [2.75, 3.05) is 11.5 Å². The molecule has 0 bridgehead atoms. The summed E-state index contributed by atoms with van der Waals surface area (Å²) in [6.45, 7) is 4.21. The maximum Gasteiger partial charge on any atom is 0.222 e. The molecule has 2 N–H and O–H groups in total. The van der Waals surface area contributed by atoms with E-state index in [9.17, 15) is 0 Å². The number of hydrogen-bond acceptors (Lipinski definition) is 4. The van der Waals surface area contributed by atoms with Gasteiger partial charge >= 0.3 is 0 Å². The highest BCUT2D eigenvalue weighted by Crippen LogP contribution is 2.32. The SMILES string of the molecule is CC(C)n1c(N)nnc1SCC1CCC1. The van der Waals surface area contributed by atoms with E-state index < -0.39 is 0 Å². The van der Waals surface area contributed by atoms with E-state index in [1.165, 1.54) is 19.3 Å². The lowest BCUT2D eigenvalue weighted by Gasteiger charge is -2.24. The molecule has 0 amide bonds. The highest BCUT2D eigenvalue weighted by atomic mass is 32.2. The van der Waals surface area contributed by atoms with Gasteiger partial charge in [-0.15, -0.1) is 10.2 Å². The number of anilines is 1. The van der Waals surface area contributed by atoms with Crippen molar-refractivity contribution in [1.82, 2.24) is 14.8 Å². The molecule has 1 heterocycles. The molecule has 1 aromatic heterocycles. The lowest BCUT2D eigenvalue weighted by atomic mass is 9.87. The first-order chi connectivity index (χ1) is 7.18. The molecule has 5 heteroatoms. The lowest BCUT2D eigenvalue weighted by Crippen LogP contribution is -2.14. The van der Waals surface area contributed by atoms with Crippen molar-refractivity contribution in [3.05, 3.63) is 0 Å². The van der Waals surface area contributed by atoms with Crippen LogP contribution in [0.3, 0.4) is 0 Å². The molecule has 0 radical (unpaired) electrons. The summed E-state index contributed by atoms with van der Waals surface area (Å²) in [6.07, 6.45) is 4.14. The zero-order valence-corrected chi connectivity index (χ0v) is 10.1. The number of hydrogen-bond donors (Lipinski definition) is 1. The minimum Gasteiger partial charge on any atom is -0.368 e. The summed E-state index contributed by atoms with van der Waals surface area (Å²) in [5, 5.41) is 9.01. The summed E-state index contributed by atoms with van der Waals surface area (Å²) in [6, 6.07) is 0.337. The highest BCUT2D eigenvalue weighted by Gasteiger charge is 2.20. The highest BCUT2D eigenvalue weighted by molar-refractivity contribution is 7.99. The number of nitrogen functional groups attached to an aromatic ring is 1. The van der Waals surface area contributed by atoms with Crippen LogP contribution < -0.4 is 5.73 Å². The molecule has 0 aromatic carbocycles. The fourth-order valence-corrected chi connectivity index (χ4v) is 2.98. The summed E-state index contributed by atoms with van der Waals surface area (Å²) in [5.74, 6) is 2.57. The average Bonchev–Trinajstić information content (AvgIpc) is 2.44. The van der Waals surface area contributed by atoms with Gasteiger partial charge in [-0.25, -0.2) is 0 Å². The standard InChI is InChI=1S/C10H18N4S/c1-7(2)14-9(11)12-13-10(14)15-6-8-4-3-5-8/h7-8H,3-6H2,1-2H3,(H2,11,12). The lowest BCUT2D eigenvalue weighted by molar-refractivity contribution is 0.352. The number of rotatable bonds is 4. The smallest absolute Gasteiger partial charge is 0.222 e. The Morgan fingerprint density at radius 1 is 1.47 bits per heavy atom. The van der Waals surface area contributed by atoms with Gasteiger partial charge in [0.1, 0.15) is 0 Å². The Morgan fingerprint density at radius 3 is 2.73 bits per heavy atom. The second-order valence-corrected chi connectivity index (χ2v) is 5.40. The van der Waals surface area contributed by atoms with Gasteiger partial charge in [-0.05, 0) is 32.6 Å². The number of aromatic nitrogens is 3. The summed E-state index contributed by atoms with van der Waals surface area (Å²) in [4.78, 5) is 0. The third kappa shape index (κ3) is 2.27. The van der Waals surface area contributed by atoms with Crippen molar-refractivity contribution in [2.24, 2.45) is 5.92 Å². The van der Waals surface area contributed by atoms with E-state index in [1.54, 1.807) is 11.8 Å². The van der Waals surface area contributed by atoms with Crippen molar-refractivity contribution in [1.29, 1.82) is 0 Å². The molecule has 2 rings (SSSR count). The molecule has 1 aromatic rings. The zero-order chi connectivity index (χ0) is 10.8. The van der Waals surface area contributed by atoms with Crippen molar-refractivity contribution in [3.8, 4) is 0 Å². The van der Waals surface area contributed by atoms with Gasteiger partial charge in [0, 0.05) is 11.8 Å². The zero-order valence-electron chi connectivity index (χ0n) is 9.31. The van der Waals surface area contributed by atoms with E-state index in [1.807, 2.05) is 4.57 Å². The topological polar surface area (TPSA) is 56.7 Å². The minimum absolute atomic E-state index is 0.337. The molecule has 0 unspecified atom stereocenters. The van der Waals surface area contributed by atoms with Gasteiger partial charge in [0.05, 0.1) is 0 Å². The van der Waals surface area contributed by atoms with E-state index >= 15 is 0 Å². The maximum absolute atomic E-state index is 5.77. The van der Waals surface area contributed by atoms with Crippen molar-refractivity contribution < 1.29 is 0 Å². The molecule has 0 saturated heterocycles. The Balaban J connectivity index is 2.00. The molecule has 15 heavy (non-hydrogen) atoms. The van der Waals surface area contributed by atoms with Gasteiger partial charge in [0.15, 0.2) is 5.16 Å². The predicted octanol–water partition coefficient (Wildman–Crippen LogP) is 2.33. The van der Waals surface area contributed by atoms with E-state index in [4.69, 9.17) is 5.73 Å². The fraction of sp³-hybridized carbons (Fsp3) is 0.800. The Hall–Kier alpha value is -0.710. The Labute approximate surface area is 94.6 Å². The molecular formula is C10H18N4S. The maximum atomic E-state index is 5.77. The van der Waals surface area contributed by atoms with Crippen LogP contribution in [0.5, 0.6) is 0 Å². The first-order valence-electron chi connectivity index (χ1n) is 5.51. The molecule has 0 atom stereocenters. The van der Waals surface area contributed by atoms with Gasteiger partial charge in [-0.3, -0.25) is 4.57 Å². The van der Waals surface area contributed by atoms with Crippen LogP contribution in [0.15, 0.2) is 5.16 Å². The van der Waals surface area contributed by atoms with E-state index in [0.717, 1.165) is 16.8 Å². The van der Waals surface area contributed by atoms with E-state index in [2.05, 4.69) is 24.0 Å². The van der Waals surface area contributed by atoms with Gasteiger partial charge in [0.2, 0.25) is 5.95 Å². The van der Waals surface area contributed by atoms with E-state index in [-0.39, 0.29) is 0 Å². The normalized spacial score (nSPS) is 17.0. The van der Waals surface area contributed by atoms with Crippen LogP contribution in [-0.4, -0.2) is 20.5 Å². The van der Waals surface area contributed by atoms with Gasteiger partial charge < -0.3 is 5.73 Å². The quantitative estimate of drug-likeness (QED) is 0.801. The van der Waals surface area contributed by atoms with Gasteiger partial charge in [-0.1, -0.05) is 18.2 Å². The third-order valence-electron chi connectivity index (χ3n) is 2.88. The van der Waals surface area contributed by atoms with Crippen LogP contribution in [0, 0.1) is 5.92 Å². The molecule has 84 valence electrons. The average molecular weight is 226 g/mol. The third-order valence-corrected chi connectivity index (χ3v) is 4.05.